The van der Waals surface area contributed by atoms with Gasteiger partial charge in [0.05, 0.1) is 7.11 Å². The topological polar surface area (TPSA) is 44.5 Å². The van der Waals surface area contributed by atoms with Gasteiger partial charge in [-0.05, 0) is 89.2 Å². The highest BCUT2D eigenvalue weighted by molar-refractivity contribution is 6.07. The Hall–Kier alpha value is -4.50. The van der Waals surface area contributed by atoms with Crippen LogP contribution in [0.5, 0.6) is 11.5 Å². The number of rotatable bonds is 3. The van der Waals surface area contributed by atoms with Crippen LogP contribution in [0.4, 0.5) is 5.69 Å². The van der Waals surface area contributed by atoms with Gasteiger partial charge in [-0.1, -0.05) is 66.7 Å². The highest BCUT2D eigenvalue weighted by Crippen LogP contribution is 2.52. The van der Waals surface area contributed by atoms with Crippen molar-refractivity contribution in [1.29, 1.82) is 0 Å². The zero-order valence-corrected chi connectivity index (χ0v) is 21.6. The molecule has 5 aromatic rings. The molecule has 1 heterocycles. The Kier molecular flexibility index (Phi) is 5.09. The normalized spacial score (nSPS) is 17.3. The standard InChI is InChI=1S/C35H29NO2/c1-22-20-31-30(21-32(22)37-2)28-18-19-35(24-9-4-3-5-10-24,25-13-15-26(36)16-14-25)38-34(28)29-17-12-23-8-6-7-11-27(23)33(29)31/h3-11,13-16,18-21H,12,17,36H2,1-2H3. The van der Waals surface area contributed by atoms with Gasteiger partial charge >= 0.3 is 0 Å². The monoisotopic (exact) mass is 495 g/mol. The lowest BCUT2D eigenvalue weighted by molar-refractivity contribution is 0.159. The minimum Gasteiger partial charge on any atom is -0.496 e. The van der Waals surface area contributed by atoms with Crippen molar-refractivity contribution in [2.75, 3.05) is 12.8 Å². The fourth-order valence-electron chi connectivity index (χ4n) is 6.26. The average Bonchev–Trinajstić information content (AvgIpc) is 2.97. The quantitative estimate of drug-likeness (QED) is 0.259. The average molecular weight is 496 g/mol. The highest BCUT2D eigenvalue weighted by Gasteiger charge is 2.39. The smallest absolute Gasteiger partial charge is 0.178 e. The van der Waals surface area contributed by atoms with E-state index in [0.717, 1.165) is 57.7 Å². The number of hydrogen-bond acceptors (Lipinski definition) is 3. The molecular formula is C35H29NO2. The van der Waals surface area contributed by atoms with Gasteiger partial charge in [0, 0.05) is 27.9 Å². The van der Waals surface area contributed by atoms with E-state index in [1.54, 1.807) is 7.11 Å². The lowest BCUT2D eigenvalue weighted by Gasteiger charge is -2.39. The first kappa shape index (κ1) is 22.7. The second kappa shape index (κ2) is 8.53. The molecule has 0 radical (unpaired) electrons. The van der Waals surface area contributed by atoms with Gasteiger partial charge in [-0.3, -0.25) is 0 Å². The Labute approximate surface area is 223 Å². The minimum atomic E-state index is -0.769. The first-order valence-electron chi connectivity index (χ1n) is 13.1. The lowest BCUT2D eigenvalue weighted by Crippen LogP contribution is -2.35. The van der Waals surface area contributed by atoms with Crippen molar-refractivity contribution in [2.45, 2.75) is 25.4 Å². The molecule has 0 saturated heterocycles. The van der Waals surface area contributed by atoms with Gasteiger partial charge in [-0.25, -0.2) is 0 Å². The van der Waals surface area contributed by atoms with Crippen LogP contribution in [0.1, 0.15) is 33.4 Å². The second-order valence-corrected chi connectivity index (χ2v) is 10.3. The molecule has 1 unspecified atom stereocenters. The third kappa shape index (κ3) is 3.28. The molecule has 1 aliphatic carbocycles. The van der Waals surface area contributed by atoms with Crippen LogP contribution in [0.25, 0.3) is 28.0 Å². The van der Waals surface area contributed by atoms with E-state index < -0.39 is 5.60 Å². The number of nitrogen functional groups attached to an aromatic ring is 1. The SMILES string of the molecule is COc1cc2c3c(c4c(c2cc1C)-c1ccccc1CC4)OC(c1ccccc1)(c1ccc(N)cc1)C=C3. The van der Waals surface area contributed by atoms with Crippen molar-refractivity contribution < 1.29 is 9.47 Å². The van der Waals surface area contributed by atoms with Gasteiger partial charge in [0.15, 0.2) is 5.60 Å². The summed E-state index contributed by atoms with van der Waals surface area (Å²) in [5.41, 5.74) is 15.6. The Morgan fingerprint density at radius 2 is 1.55 bits per heavy atom. The molecule has 0 fully saturated rings. The molecule has 0 aromatic heterocycles. The van der Waals surface area contributed by atoms with Crippen molar-refractivity contribution in [1.82, 2.24) is 0 Å². The van der Waals surface area contributed by atoms with Crippen molar-refractivity contribution in [3.05, 3.63) is 130 Å². The Morgan fingerprint density at radius 3 is 2.34 bits per heavy atom. The van der Waals surface area contributed by atoms with Crippen LogP contribution in [0.15, 0.2) is 97.1 Å². The molecule has 3 heteroatoms. The van der Waals surface area contributed by atoms with E-state index in [1.165, 1.54) is 27.6 Å². The van der Waals surface area contributed by atoms with Gasteiger partial charge in [-0.15, -0.1) is 0 Å². The number of benzene rings is 5. The predicted molar refractivity (Wildman–Crippen MR) is 156 cm³/mol. The maximum atomic E-state index is 7.29. The van der Waals surface area contributed by atoms with Crippen LogP contribution in [0.3, 0.4) is 0 Å². The van der Waals surface area contributed by atoms with Crippen LogP contribution < -0.4 is 15.2 Å². The Morgan fingerprint density at radius 1 is 0.816 bits per heavy atom. The molecule has 2 aliphatic rings. The molecule has 0 spiro atoms. The molecule has 5 aromatic carbocycles. The second-order valence-electron chi connectivity index (χ2n) is 10.3. The molecule has 38 heavy (non-hydrogen) atoms. The number of hydrogen-bond donors (Lipinski definition) is 1. The predicted octanol–water partition coefficient (Wildman–Crippen LogP) is 7.85. The summed E-state index contributed by atoms with van der Waals surface area (Å²) in [6, 6.07) is 31.8. The van der Waals surface area contributed by atoms with E-state index in [2.05, 4.69) is 91.9 Å². The number of fused-ring (bicyclic) bond motifs is 8. The number of ether oxygens (including phenoxy) is 2. The molecule has 7 rings (SSSR count). The number of nitrogens with two attached hydrogens (primary N) is 1. The minimum absolute atomic E-state index is 0.736. The molecule has 2 N–H and O–H groups in total. The first-order chi connectivity index (χ1) is 18.6. The van der Waals surface area contributed by atoms with E-state index in [9.17, 15) is 0 Å². The van der Waals surface area contributed by atoms with Crippen molar-refractivity contribution >= 4 is 22.5 Å². The van der Waals surface area contributed by atoms with Crippen molar-refractivity contribution in [3.63, 3.8) is 0 Å². The largest absolute Gasteiger partial charge is 0.496 e. The van der Waals surface area contributed by atoms with Crippen LogP contribution >= 0.6 is 0 Å². The fraction of sp³-hybridized carbons (Fsp3) is 0.143. The van der Waals surface area contributed by atoms with Crippen molar-refractivity contribution in [2.24, 2.45) is 0 Å². The third-order valence-electron chi connectivity index (χ3n) is 8.14. The van der Waals surface area contributed by atoms with Gasteiger partial charge < -0.3 is 15.2 Å². The molecule has 186 valence electrons. The van der Waals surface area contributed by atoms with Crippen LogP contribution in [0, 0.1) is 6.92 Å². The van der Waals surface area contributed by atoms with Gasteiger partial charge in [0.1, 0.15) is 11.5 Å². The van der Waals surface area contributed by atoms with Crippen molar-refractivity contribution in [3.8, 4) is 22.6 Å². The maximum absolute atomic E-state index is 7.29. The number of anilines is 1. The van der Waals surface area contributed by atoms with E-state index >= 15 is 0 Å². The summed E-state index contributed by atoms with van der Waals surface area (Å²) in [5, 5.41) is 2.39. The van der Waals surface area contributed by atoms with Gasteiger partial charge in [-0.2, -0.15) is 0 Å². The zero-order chi connectivity index (χ0) is 25.9. The van der Waals surface area contributed by atoms with E-state index in [4.69, 9.17) is 15.2 Å². The zero-order valence-electron chi connectivity index (χ0n) is 21.6. The molecule has 0 bridgehead atoms. The van der Waals surface area contributed by atoms with Crippen LogP contribution in [-0.2, 0) is 18.4 Å². The summed E-state index contributed by atoms with van der Waals surface area (Å²) >= 11 is 0. The molecule has 3 nitrogen and oxygen atoms in total. The summed E-state index contributed by atoms with van der Waals surface area (Å²) in [7, 11) is 1.74. The molecule has 0 amide bonds. The van der Waals surface area contributed by atoms with E-state index in [-0.39, 0.29) is 0 Å². The summed E-state index contributed by atoms with van der Waals surface area (Å²) in [4.78, 5) is 0. The van der Waals surface area contributed by atoms with Crippen LogP contribution in [-0.4, -0.2) is 7.11 Å². The molecule has 1 aliphatic heterocycles. The number of methoxy groups -OCH3 is 1. The highest BCUT2D eigenvalue weighted by atomic mass is 16.5. The Balaban J connectivity index is 1.57. The van der Waals surface area contributed by atoms with E-state index in [1.807, 2.05) is 18.2 Å². The summed E-state index contributed by atoms with van der Waals surface area (Å²) < 4.78 is 13.1. The Bertz CT molecular complexity index is 1730. The lowest BCUT2D eigenvalue weighted by atomic mass is 9.78. The van der Waals surface area contributed by atoms with Crippen LogP contribution in [0.2, 0.25) is 0 Å². The summed E-state index contributed by atoms with van der Waals surface area (Å²) in [5.74, 6) is 1.84. The van der Waals surface area contributed by atoms with Gasteiger partial charge in [0.2, 0.25) is 0 Å². The fourth-order valence-corrected chi connectivity index (χ4v) is 6.26. The van der Waals surface area contributed by atoms with E-state index in [0.29, 0.717) is 0 Å². The molecule has 0 saturated carbocycles. The maximum Gasteiger partial charge on any atom is 0.178 e. The third-order valence-corrected chi connectivity index (χ3v) is 8.14. The first-order valence-corrected chi connectivity index (χ1v) is 13.1. The summed E-state index contributed by atoms with van der Waals surface area (Å²) in [6.07, 6.45) is 6.37. The molecular weight excluding hydrogens is 466 g/mol. The number of aryl methyl sites for hydroxylation is 2. The summed E-state index contributed by atoms with van der Waals surface area (Å²) in [6.45, 7) is 2.12. The van der Waals surface area contributed by atoms with Gasteiger partial charge in [0.25, 0.3) is 0 Å². The molecule has 1 atom stereocenters.